The highest BCUT2D eigenvalue weighted by Gasteiger charge is 2.36. The van der Waals surface area contributed by atoms with E-state index in [2.05, 4.69) is 80.6 Å². The van der Waals surface area contributed by atoms with Gasteiger partial charge in [0.2, 0.25) is 0 Å². The Morgan fingerprint density at radius 3 is 1.94 bits per heavy atom. The van der Waals surface area contributed by atoms with Crippen molar-refractivity contribution in [2.24, 2.45) is 0 Å². The number of aromatic nitrogens is 2. The van der Waals surface area contributed by atoms with E-state index in [4.69, 9.17) is 20.9 Å². The molecule has 53 heavy (non-hydrogen) atoms. The van der Waals surface area contributed by atoms with Gasteiger partial charge in [0.05, 0.1) is 23.7 Å². The van der Waals surface area contributed by atoms with Crippen LogP contribution in [0, 0.1) is 0 Å². The Labute approximate surface area is 322 Å². The Balaban J connectivity index is 1.17. The van der Waals surface area contributed by atoms with E-state index >= 15 is 0 Å². The molecule has 1 heterocycles. The van der Waals surface area contributed by atoms with Crippen LogP contribution >= 0.6 is 0 Å². The Morgan fingerprint density at radius 2 is 1.11 bits per heavy atom. The summed E-state index contributed by atoms with van der Waals surface area (Å²) in [6.07, 6.45) is 0. The quantitative estimate of drug-likeness (QED) is 0.180. The molecule has 1 aromatic heterocycles. The molecule has 0 spiro atoms. The number of nitrogens with zero attached hydrogens (tertiary/aromatic N) is 2. The Bertz CT molecular complexity index is 3350. The van der Waals surface area contributed by atoms with Crippen molar-refractivity contribution in [3.8, 4) is 67.3 Å². The predicted octanol–water partition coefficient (Wildman–Crippen LogP) is 13.4. The maximum Gasteiger partial charge on any atom is 0.160 e. The zero-order valence-electron chi connectivity index (χ0n) is 38.0. The van der Waals surface area contributed by atoms with Crippen molar-refractivity contribution in [1.29, 1.82) is 0 Å². The second kappa shape index (κ2) is 12.3. The summed E-state index contributed by atoms with van der Waals surface area (Å²) < 4.78 is 78.2. The van der Waals surface area contributed by atoms with Crippen molar-refractivity contribution >= 4 is 21.5 Å². The van der Waals surface area contributed by atoms with Gasteiger partial charge >= 0.3 is 0 Å². The molecule has 10 rings (SSSR count). The highest BCUT2D eigenvalue weighted by molar-refractivity contribution is 6.06. The van der Waals surface area contributed by atoms with E-state index in [1.165, 1.54) is 33.0 Å². The smallest absolute Gasteiger partial charge is 0.160 e. The van der Waals surface area contributed by atoms with Gasteiger partial charge < -0.3 is 0 Å². The van der Waals surface area contributed by atoms with Crippen LogP contribution in [0.3, 0.4) is 0 Å². The highest BCUT2D eigenvalue weighted by Crippen LogP contribution is 2.52. The minimum Gasteiger partial charge on any atom is -0.228 e. The van der Waals surface area contributed by atoms with Gasteiger partial charge in [-0.25, -0.2) is 9.97 Å². The molecule has 0 fully saturated rings. The fraction of sp³-hybridized carbons (Fsp3) is 0.0588. The molecule has 0 saturated heterocycles. The molecule has 2 heteroatoms. The van der Waals surface area contributed by atoms with E-state index in [1.807, 2.05) is 54.6 Å². The fourth-order valence-electron chi connectivity index (χ4n) is 7.85. The molecule has 1 aliphatic rings. The Hall–Kier alpha value is -6.64. The van der Waals surface area contributed by atoms with Gasteiger partial charge in [-0.05, 0) is 84.2 Å². The summed E-state index contributed by atoms with van der Waals surface area (Å²) in [6.45, 7) is 4.57. The SMILES string of the molecule is [2H]c1c([2H])c([2H])c(-c2c([2H])c([2H])c([2H])c(-c3cc(-c4ccc(-c5ccc6c(c5)C(C)(C)c5ccc7ccccc7c5-6)c5ccccc45)nc(-c4ccccc4)n3)c2[2H])c([2H])c1[2H]. The van der Waals surface area contributed by atoms with Gasteiger partial charge in [0.15, 0.2) is 5.82 Å². The van der Waals surface area contributed by atoms with Gasteiger partial charge in [0, 0.05) is 22.1 Å². The lowest BCUT2D eigenvalue weighted by Gasteiger charge is -2.22. The summed E-state index contributed by atoms with van der Waals surface area (Å²) in [5.41, 5.74) is 8.15. The largest absolute Gasteiger partial charge is 0.228 e. The number of fused-ring (bicyclic) bond motifs is 6. The van der Waals surface area contributed by atoms with Crippen molar-refractivity contribution in [2.75, 3.05) is 0 Å². The van der Waals surface area contributed by atoms with Crippen LogP contribution in [0.15, 0.2) is 182 Å². The standard InChI is InChI=1S/C51H36N2/c1-51(2)45-29-25-34-16-9-10-21-40(34)49(45)44-26-24-37(31-46(44)51)39-27-28-43(42-23-12-11-22-41(39)42)48-32-47(52-50(53-48)35-17-7-4-8-18-35)38-20-13-19-36(30-38)33-14-5-3-6-15-33/h3-32H,1-2H3/i3D,5D,6D,13D,14D,15D,19D,20D,30D. The molecule has 8 aromatic carbocycles. The minimum absolute atomic E-state index is 0.118. The number of hydrogen-bond donors (Lipinski definition) is 0. The third-order valence-electron chi connectivity index (χ3n) is 10.5. The first kappa shape index (κ1) is 23.0. The molecule has 0 aliphatic heterocycles. The lowest BCUT2D eigenvalue weighted by atomic mass is 9.81. The van der Waals surface area contributed by atoms with Crippen molar-refractivity contribution in [1.82, 2.24) is 9.97 Å². The summed E-state index contributed by atoms with van der Waals surface area (Å²) in [7, 11) is 0. The predicted molar refractivity (Wildman–Crippen MR) is 222 cm³/mol. The van der Waals surface area contributed by atoms with E-state index < -0.39 is 54.4 Å². The van der Waals surface area contributed by atoms with Crippen LogP contribution in [0.5, 0.6) is 0 Å². The third-order valence-corrected chi connectivity index (χ3v) is 10.5. The molecule has 250 valence electrons. The zero-order chi connectivity index (χ0) is 43.4. The molecule has 0 saturated carbocycles. The van der Waals surface area contributed by atoms with Crippen LogP contribution in [0.4, 0.5) is 0 Å². The normalized spacial score (nSPS) is 15.2. The van der Waals surface area contributed by atoms with E-state index in [0.29, 0.717) is 17.1 Å². The molecule has 0 bridgehead atoms. The molecule has 0 N–H and O–H groups in total. The van der Waals surface area contributed by atoms with Crippen LogP contribution in [-0.4, -0.2) is 9.97 Å². The van der Waals surface area contributed by atoms with Gasteiger partial charge in [-0.3, -0.25) is 0 Å². The maximum absolute atomic E-state index is 9.44. The molecule has 2 nitrogen and oxygen atoms in total. The van der Waals surface area contributed by atoms with Crippen LogP contribution < -0.4 is 0 Å². The summed E-state index contributed by atoms with van der Waals surface area (Å²) in [5, 5.41) is 4.35. The molecule has 0 unspecified atom stereocenters. The summed E-state index contributed by atoms with van der Waals surface area (Å²) in [6, 6.07) is 37.8. The average Bonchev–Trinajstić information content (AvgIpc) is 3.53. The van der Waals surface area contributed by atoms with Crippen LogP contribution in [0.25, 0.3) is 88.8 Å². The topological polar surface area (TPSA) is 25.8 Å². The number of hydrogen-bond acceptors (Lipinski definition) is 2. The van der Waals surface area contributed by atoms with Crippen LogP contribution in [-0.2, 0) is 5.41 Å². The summed E-state index contributed by atoms with van der Waals surface area (Å²) >= 11 is 0. The zero-order valence-corrected chi connectivity index (χ0v) is 29.0. The first-order valence-electron chi connectivity index (χ1n) is 22.1. The van der Waals surface area contributed by atoms with E-state index in [0.717, 1.165) is 27.5 Å². The molecular formula is C51H36N2. The van der Waals surface area contributed by atoms with Gasteiger partial charge in [-0.2, -0.15) is 0 Å². The van der Waals surface area contributed by atoms with Gasteiger partial charge in [-0.15, -0.1) is 0 Å². The second-order valence-electron chi connectivity index (χ2n) is 13.9. The van der Waals surface area contributed by atoms with Gasteiger partial charge in [-0.1, -0.05) is 177 Å². The van der Waals surface area contributed by atoms with E-state index in [1.54, 1.807) is 6.07 Å². The van der Waals surface area contributed by atoms with Crippen molar-refractivity contribution in [3.63, 3.8) is 0 Å². The molecule has 0 atom stereocenters. The number of rotatable bonds is 5. The van der Waals surface area contributed by atoms with Gasteiger partial charge in [0.1, 0.15) is 0 Å². The van der Waals surface area contributed by atoms with E-state index in [9.17, 15) is 1.37 Å². The highest BCUT2D eigenvalue weighted by atomic mass is 14.9. The first-order chi connectivity index (χ1) is 29.8. The lowest BCUT2D eigenvalue weighted by molar-refractivity contribution is 0.661. The summed E-state index contributed by atoms with van der Waals surface area (Å²) in [5.74, 6) is 0.295. The number of benzene rings is 8. The van der Waals surface area contributed by atoms with Crippen molar-refractivity contribution in [3.05, 3.63) is 193 Å². The minimum atomic E-state index is -0.629. The third kappa shape index (κ3) is 5.18. The van der Waals surface area contributed by atoms with Crippen LogP contribution in [0.2, 0.25) is 0 Å². The molecule has 9 aromatic rings. The molecule has 0 radical (unpaired) electrons. The second-order valence-corrected chi connectivity index (χ2v) is 13.9. The fourth-order valence-corrected chi connectivity index (χ4v) is 7.85. The average molecular weight is 686 g/mol. The maximum atomic E-state index is 9.44. The Morgan fingerprint density at radius 1 is 0.453 bits per heavy atom. The first-order valence-corrected chi connectivity index (χ1v) is 17.6. The van der Waals surface area contributed by atoms with Crippen molar-refractivity contribution in [2.45, 2.75) is 19.3 Å². The summed E-state index contributed by atoms with van der Waals surface area (Å²) in [4.78, 5) is 9.91. The van der Waals surface area contributed by atoms with Gasteiger partial charge in [0.25, 0.3) is 0 Å². The lowest BCUT2D eigenvalue weighted by Crippen LogP contribution is -2.15. The van der Waals surface area contributed by atoms with E-state index in [-0.39, 0.29) is 27.8 Å². The Kier molecular flexibility index (Phi) is 5.32. The monoisotopic (exact) mass is 685 g/mol. The van der Waals surface area contributed by atoms with Crippen molar-refractivity contribution < 1.29 is 12.3 Å². The molecule has 0 amide bonds. The molecular weight excluding hydrogens is 641 g/mol. The molecule has 1 aliphatic carbocycles. The van der Waals surface area contributed by atoms with Crippen LogP contribution in [0.1, 0.15) is 37.3 Å².